The molecule has 0 radical (unpaired) electrons. The van der Waals surface area contributed by atoms with Gasteiger partial charge in [-0.1, -0.05) is 0 Å². The van der Waals surface area contributed by atoms with E-state index in [9.17, 15) is 5.11 Å². The van der Waals surface area contributed by atoms with Gasteiger partial charge in [-0.15, -0.1) is 0 Å². The third-order valence-electron chi connectivity index (χ3n) is 2.35. The Labute approximate surface area is 96.8 Å². The molecule has 0 aliphatic rings. The summed E-state index contributed by atoms with van der Waals surface area (Å²) in [5, 5.41) is 9.63. The molecule has 0 rings (SSSR count). The van der Waals surface area contributed by atoms with Crippen molar-refractivity contribution in [2.24, 2.45) is 0 Å². The second-order valence-electron chi connectivity index (χ2n) is 3.68. The van der Waals surface area contributed by atoms with E-state index in [1.54, 1.807) is 11.8 Å². The monoisotopic (exact) mass is 237 g/mol. The Morgan fingerprint density at radius 2 is 1.93 bits per heavy atom. The molecule has 0 spiro atoms. The molecule has 0 saturated carbocycles. The summed E-state index contributed by atoms with van der Waals surface area (Å²) < 4.78 is 0. The maximum Gasteiger partial charge on any atom is 0.0757 e. The van der Waals surface area contributed by atoms with Gasteiger partial charge in [-0.05, 0) is 38.7 Å². The third kappa shape index (κ3) is 6.98. The van der Waals surface area contributed by atoms with Crippen LogP contribution in [0, 0.1) is 0 Å². The molecule has 2 unspecified atom stereocenters. The van der Waals surface area contributed by atoms with Gasteiger partial charge in [-0.2, -0.15) is 23.5 Å². The van der Waals surface area contributed by atoms with E-state index in [4.69, 9.17) is 0 Å². The lowest BCUT2D eigenvalue weighted by Crippen LogP contribution is -2.37. The Balaban J connectivity index is 3.64. The number of likely N-dealkylation sites (N-methyl/N-ethyl adjacent to an activating group) is 1. The average molecular weight is 237 g/mol. The van der Waals surface area contributed by atoms with Crippen LogP contribution >= 0.6 is 23.5 Å². The summed E-state index contributed by atoms with van der Waals surface area (Å²) in [4.78, 5) is 2.25. The van der Waals surface area contributed by atoms with Crippen LogP contribution in [0.3, 0.4) is 0 Å². The normalized spacial score (nSPS) is 15.9. The predicted octanol–water partition coefficient (Wildman–Crippen LogP) is 1.78. The number of hydrogen-bond acceptors (Lipinski definition) is 4. The zero-order chi connectivity index (χ0) is 11.0. The van der Waals surface area contributed by atoms with Crippen molar-refractivity contribution in [3.63, 3.8) is 0 Å². The molecule has 1 N–H and O–H groups in total. The fourth-order valence-corrected chi connectivity index (χ4v) is 2.33. The van der Waals surface area contributed by atoms with E-state index in [1.807, 2.05) is 18.0 Å². The predicted molar refractivity (Wildman–Crippen MR) is 69.5 cm³/mol. The van der Waals surface area contributed by atoms with Crippen molar-refractivity contribution in [1.29, 1.82) is 0 Å². The topological polar surface area (TPSA) is 23.5 Å². The van der Waals surface area contributed by atoms with Gasteiger partial charge in [-0.25, -0.2) is 0 Å². The summed E-state index contributed by atoms with van der Waals surface area (Å²) in [6.07, 6.45) is 5.17. The lowest BCUT2D eigenvalue weighted by molar-refractivity contribution is 0.124. The molecule has 0 heterocycles. The van der Waals surface area contributed by atoms with Crippen LogP contribution < -0.4 is 0 Å². The van der Waals surface area contributed by atoms with Gasteiger partial charge in [0.05, 0.1) is 6.10 Å². The standard InChI is InChI=1S/C10H23NOS2/c1-9(5-6-13-3)11(2)7-10(12)8-14-4/h9-10,12H,5-8H2,1-4H3. The number of rotatable bonds is 8. The number of nitrogens with zero attached hydrogens (tertiary/aromatic N) is 1. The second kappa shape index (κ2) is 8.89. The molecule has 0 fully saturated rings. The summed E-state index contributed by atoms with van der Waals surface area (Å²) in [6, 6.07) is 0.568. The maximum atomic E-state index is 9.63. The first kappa shape index (κ1) is 14.6. The van der Waals surface area contributed by atoms with Crippen LogP contribution in [-0.4, -0.2) is 59.8 Å². The van der Waals surface area contributed by atoms with E-state index in [2.05, 4.69) is 25.1 Å². The van der Waals surface area contributed by atoms with Crippen molar-refractivity contribution < 1.29 is 5.11 Å². The van der Waals surface area contributed by atoms with E-state index >= 15 is 0 Å². The van der Waals surface area contributed by atoms with Gasteiger partial charge in [0.25, 0.3) is 0 Å². The Bertz CT molecular complexity index is 135. The number of aliphatic hydroxyl groups is 1. The van der Waals surface area contributed by atoms with Crippen LogP contribution in [0.25, 0.3) is 0 Å². The van der Waals surface area contributed by atoms with Crippen molar-refractivity contribution in [3.8, 4) is 0 Å². The molecule has 0 aliphatic heterocycles. The highest BCUT2D eigenvalue weighted by molar-refractivity contribution is 7.98. The fraction of sp³-hybridized carbons (Fsp3) is 1.00. The highest BCUT2D eigenvalue weighted by Crippen LogP contribution is 2.07. The first-order valence-corrected chi connectivity index (χ1v) is 7.76. The quantitative estimate of drug-likeness (QED) is 0.695. The van der Waals surface area contributed by atoms with Crippen LogP contribution in [0.2, 0.25) is 0 Å². The molecule has 2 nitrogen and oxygen atoms in total. The summed E-state index contributed by atoms with van der Waals surface area (Å²) in [6.45, 7) is 3.01. The van der Waals surface area contributed by atoms with Crippen molar-refractivity contribution >= 4 is 23.5 Å². The fourth-order valence-electron chi connectivity index (χ4n) is 1.27. The van der Waals surface area contributed by atoms with E-state index in [-0.39, 0.29) is 6.10 Å². The minimum atomic E-state index is -0.188. The van der Waals surface area contributed by atoms with Gasteiger partial charge in [0.1, 0.15) is 0 Å². The summed E-state index contributed by atoms with van der Waals surface area (Å²) in [7, 11) is 2.09. The lowest BCUT2D eigenvalue weighted by Gasteiger charge is -2.26. The van der Waals surface area contributed by atoms with E-state index < -0.39 is 0 Å². The minimum Gasteiger partial charge on any atom is -0.391 e. The van der Waals surface area contributed by atoms with Crippen LogP contribution in [0.15, 0.2) is 0 Å². The molecule has 0 saturated heterocycles. The Morgan fingerprint density at radius 3 is 2.43 bits per heavy atom. The van der Waals surface area contributed by atoms with Gasteiger partial charge in [0.15, 0.2) is 0 Å². The zero-order valence-corrected chi connectivity index (χ0v) is 11.3. The molecule has 0 aromatic rings. The summed E-state index contributed by atoms with van der Waals surface area (Å²) >= 11 is 3.58. The van der Waals surface area contributed by atoms with Crippen molar-refractivity contribution in [3.05, 3.63) is 0 Å². The molecule has 0 amide bonds. The minimum absolute atomic E-state index is 0.188. The van der Waals surface area contributed by atoms with E-state index in [0.29, 0.717) is 6.04 Å². The maximum absolute atomic E-state index is 9.63. The van der Waals surface area contributed by atoms with Crippen LogP contribution in [0.5, 0.6) is 0 Å². The van der Waals surface area contributed by atoms with E-state index in [0.717, 1.165) is 12.3 Å². The Kier molecular flexibility index (Phi) is 9.28. The van der Waals surface area contributed by atoms with Crippen LogP contribution in [-0.2, 0) is 0 Å². The first-order chi connectivity index (χ1) is 6.61. The van der Waals surface area contributed by atoms with Gasteiger partial charge in [0.2, 0.25) is 0 Å². The van der Waals surface area contributed by atoms with Gasteiger partial charge < -0.3 is 10.0 Å². The SMILES string of the molecule is CSCCC(C)N(C)CC(O)CSC. The number of aliphatic hydroxyl groups excluding tert-OH is 1. The third-order valence-corrected chi connectivity index (χ3v) is 3.71. The largest absolute Gasteiger partial charge is 0.391 e. The Hall–Kier alpha value is 0.620. The molecule has 0 bridgehead atoms. The van der Waals surface area contributed by atoms with Crippen LogP contribution in [0.1, 0.15) is 13.3 Å². The van der Waals surface area contributed by atoms with Gasteiger partial charge in [-0.3, -0.25) is 0 Å². The van der Waals surface area contributed by atoms with Crippen molar-refractivity contribution in [2.75, 3.05) is 37.6 Å². The molecular formula is C10H23NOS2. The molecule has 0 aromatic heterocycles. The highest BCUT2D eigenvalue weighted by Gasteiger charge is 2.12. The highest BCUT2D eigenvalue weighted by atomic mass is 32.2. The second-order valence-corrected chi connectivity index (χ2v) is 5.58. The van der Waals surface area contributed by atoms with Crippen molar-refractivity contribution in [2.45, 2.75) is 25.5 Å². The molecule has 4 heteroatoms. The molecule has 86 valence electrons. The molecule has 0 aromatic carbocycles. The van der Waals surface area contributed by atoms with Crippen LogP contribution in [0.4, 0.5) is 0 Å². The van der Waals surface area contributed by atoms with Gasteiger partial charge >= 0.3 is 0 Å². The first-order valence-electron chi connectivity index (χ1n) is 4.98. The molecule has 2 atom stereocenters. The summed E-state index contributed by atoms with van der Waals surface area (Å²) in [5.41, 5.74) is 0. The van der Waals surface area contributed by atoms with Gasteiger partial charge in [0, 0.05) is 18.3 Å². The number of hydrogen-bond donors (Lipinski definition) is 1. The van der Waals surface area contributed by atoms with Crippen molar-refractivity contribution in [1.82, 2.24) is 4.90 Å². The zero-order valence-electron chi connectivity index (χ0n) is 9.69. The average Bonchev–Trinajstić information content (AvgIpc) is 2.14. The molecule has 14 heavy (non-hydrogen) atoms. The number of thioether (sulfide) groups is 2. The Morgan fingerprint density at radius 1 is 1.29 bits per heavy atom. The summed E-state index contributed by atoms with van der Waals surface area (Å²) in [5.74, 6) is 2.03. The van der Waals surface area contributed by atoms with E-state index in [1.165, 1.54) is 12.2 Å². The lowest BCUT2D eigenvalue weighted by atomic mass is 10.2. The molecule has 0 aliphatic carbocycles. The smallest absolute Gasteiger partial charge is 0.0757 e. The molecular weight excluding hydrogens is 214 g/mol.